The average molecular weight is 299 g/mol. The molecule has 1 atom stereocenters. The van der Waals surface area contributed by atoms with Gasteiger partial charge < -0.3 is 9.84 Å². The molecule has 1 rings (SSSR count). The van der Waals surface area contributed by atoms with E-state index in [1.54, 1.807) is 6.07 Å². The Kier molecular flexibility index (Phi) is 4.21. The Bertz CT molecular complexity index is 364. The highest BCUT2D eigenvalue weighted by molar-refractivity contribution is 9.10. The fourth-order valence-electron chi connectivity index (χ4n) is 1.14. The van der Waals surface area contributed by atoms with Crippen LogP contribution in [0.15, 0.2) is 22.7 Å². The van der Waals surface area contributed by atoms with Crippen LogP contribution >= 0.6 is 15.9 Å². The van der Waals surface area contributed by atoms with E-state index in [2.05, 4.69) is 20.7 Å². The molecular formula is C10H10BrF3O2. The summed E-state index contributed by atoms with van der Waals surface area (Å²) in [6, 6.07) is 4.46. The van der Waals surface area contributed by atoms with Gasteiger partial charge in [0.25, 0.3) is 0 Å². The van der Waals surface area contributed by atoms with Crippen LogP contribution in [0, 0.1) is 0 Å². The van der Waals surface area contributed by atoms with Crippen LogP contribution in [0.5, 0.6) is 5.75 Å². The van der Waals surface area contributed by atoms with Crippen molar-refractivity contribution in [1.29, 1.82) is 0 Å². The van der Waals surface area contributed by atoms with Crippen molar-refractivity contribution < 1.29 is 23.0 Å². The molecule has 2 nitrogen and oxygen atoms in total. The summed E-state index contributed by atoms with van der Waals surface area (Å²) in [4.78, 5) is 0. The Morgan fingerprint density at radius 1 is 1.44 bits per heavy atom. The van der Waals surface area contributed by atoms with Gasteiger partial charge in [-0.05, 0) is 25.1 Å². The minimum Gasteiger partial charge on any atom is -0.484 e. The van der Waals surface area contributed by atoms with Gasteiger partial charge in [-0.25, -0.2) is 0 Å². The Hall–Kier alpha value is -0.750. The van der Waals surface area contributed by atoms with Gasteiger partial charge in [-0.15, -0.1) is 0 Å². The maximum Gasteiger partial charge on any atom is 0.422 e. The molecule has 0 spiro atoms. The van der Waals surface area contributed by atoms with Crippen molar-refractivity contribution >= 4 is 15.9 Å². The van der Waals surface area contributed by atoms with Crippen molar-refractivity contribution in [2.75, 3.05) is 6.61 Å². The van der Waals surface area contributed by atoms with E-state index >= 15 is 0 Å². The van der Waals surface area contributed by atoms with E-state index in [0.29, 0.717) is 10.0 Å². The molecule has 0 saturated heterocycles. The van der Waals surface area contributed by atoms with Crippen LogP contribution in [0.2, 0.25) is 0 Å². The molecule has 0 aliphatic rings. The van der Waals surface area contributed by atoms with Crippen molar-refractivity contribution in [3.8, 4) is 5.75 Å². The standard InChI is InChI=1S/C10H10BrF3O2/c1-6(15)8-4-7(11)2-3-9(8)16-5-10(12,13)14/h2-4,6,15H,5H2,1H3/t6-/m1/s1. The maximum atomic E-state index is 12.0. The van der Waals surface area contributed by atoms with Crippen LogP contribution in [-0.2, 0) is 0 Å². The van der Waals surface area contributed by atoms with E-state index in [9.17, 15) is 18.3 Å². The zero-order chi connectivity index (χ0) is 12.3. The molecule has 0 saturated carbocycles. The highest BCUT2D eigenvalue weighted by Gasteiger charge is 2.29. The third-order valence-corrected chi connectivity index (χ3v) is 2.31. The van der Waals surface area contributed by atoms with E-state index in [1.165, 1.54) is 19.1 Å². The maximum absolute atomic E-state index is 12.0. The van der Waals surface area contributed by atoms with E-state index in [1.807, 2.05) is 0 Å². The number of ether oxygens (including phenoxy) is 1. The summed E-state index contributed by atoms with van der Waals surface area (Å²) < 4.78 is 41.2. The van der Waals surface area contributed by atoms with Gasteiger partial charge >= 0.3 is 6.18 Å². The average Bonchev–Trinajstić information content (AvgIpc) is 2.14. The van der Waals surface area contributed by atoms with Crippen LogP contribution in [0.25, 0.3) is 0 Å². The lowest BCUT2D eigenvalue weighted by molar-refractivity contribution is -0.153. The first-order valence-corrected chi connectivity index (χ1v) is 5.26. The SMILES string of the molecule is C[C@@H](O)c1cc(Br)ccc1OCC(F)(F)F. The van der Waals surface area contributed by atoms with Gasteiger partial charge in [0.1, 0.15) is 5.75 Å². The Morgan fingerprint density at radius 2 is 2.06 bits per heavy atom. The quantitative estimate of drug-likeness (QED) is 0.926. The molecule has 16 heavy (non-hydrogen) atoms. The van der Waals surface area contributed by atoms with Gasteiger partial charge in [0.2, 0.25) is 0 Å². The molecule has 0 bridgehead atoms. The van der Waals surface area contributed by atoms with Crippen LogP contribution < -0.4 is 4.74 Å². The van der Waals surface area contributed by atoms with E-state index in [0.717, 1.165) is 0 Å². The molecule has 1 aromatic carbocycles. The van der Waals surface area contributed by atoms with Gasteiger partial charge in [-0.2, -0.15) is 13.2 Å². The lowest BCUT2D eigenvalue weighted by atomic mass is 10.1. The first-order chi connectivity index (χ1) is 7.29. The number of hydrogen-bond donors (Lipinski definition) is 1. The molecule has 0 heterocycles. The summed E-state index contributed by atoms with van der Waals surface area (Å²) >= 11 is 3.17. The number of aliphatic hydroxyl groups is 1. The molecule has 0 unspecified atom stereocenters. The topological polar surface area (TPSA) is 29.5 Å². The predicted octanol–water partition coefficient (Wildman–Crippen LogP) is 3.44. The zero-order valence-electron chi connectivity index (χ0n) is 8.38. The number of rotatable bonds is 3. The molecule has 0 aromatic heterocycles. The first kappa shape index (κ1) is 13.3. The van der Waals surface area contributed by atoms with Crippen LogP contribution in [0.4, 0.5) is 13.2 Å². The van der Waals surface area contributed by atoms with E-state index < -0.39 is 18.9 Å². The Balaban J connectivity index is 2.87. The van der Waals surface area contributed by atoms with Crippen molar-refractivity contribution in [3.05, 3.63) is 28.2 Å². The van der Waals surface area contributed by atoms with Crippen LogP contribution in [0.1, 0.15) is 18.6 Å². The second-order valence-electron chi connectivity index (χ2n) is 3.26. The third kappa shape index (κ3) is 4.02. The van der Waals surface area contributed by atoms with Crippen molar-refractivity contribution in [2.24, 2.45) is 0 Å². The lowest BCUT2D eigenvalue weighted by Crippen LogP contribution is -2.19. The van der Waals surface area contributed by atoms with Gasteiger partial charge in [-0.3, -0.25) is 0 Å². The molecule has 0 amide bonds. The monoisotopic (exact) mass is 298 g/mol. The normalized spacial score (nSPS) is 13.6. The highest BCUT2D eigenvalue weighted by Crippen LogP contribution is 2.29. The lowest BCUT2D eigenvalue weighted by Gasteiger charge is -2.15. The number of hydrogen-bond acceptors (Lipinski definition) is 2. The fraction of sp³-hybridized carbons (Fsp3) is 0.400. The molecule has 0 aliphatic carbocycles. The third-order valence-electron chi connectivity index (χ3n) is 1.81. The second-order valence-corrected chi connectivity index (χ2v) is 4.18. The smallest absolute Gasteiger partial charge is 0.422 e. The molecule has 0 radical (unpaired) electrons. The zero-order valence-corrected chi connectivity index (χ0v) is 9.97. The van der Waals surface area contributed by atoms with E-state index in [-0.39, 0.29) is 5.75 Å². The van der Waals surface area contributed by atoms with E-state index in [4.69, 9.17) is 0 Å². The van der Waals surface area contributed by atoms with Gasteiger partial charge in [0.05, 0.1) is 6.10 Å². The van der Waals surface area contributed by atoms with Crippen molar-refractivity contribution in [2.45, 2.75) is 19.2 Å². The molecule has 1 N–H and O–H groups in total. The van der Waals surface area contributed by atoms with Crippen molar-refractivity contribution in [1.82, 2.24) is 0 Å². The van der Waals surface area contributed by atoms with Crippen molar-refractivity contribution in [3.63, 3.8) is 0 Å². The Morgan fingerprint density at radius 3 is 2.56 bits per heavy atom. The molecule has 0 aliphatic heterocycles. The van der Waals surface area contributed by atoms with Crippen LogP contribution in [-0.4, -0.2) is 17.9 Å². The first-order valence-electron chi connectivity index (χ1n) is 4.46. The number of aliphatic hydroxyl groups excluding tert-OH is 1. The number of alkyl halides is 3. The molecule has 0 fully saturated rings. The molecule has 6 heteroatoms. The molecular weight excluding hydrogens is 289 g/mol. The summed E-state index contributed by atoms with van der Waals surface area (Å²) in [5, 5.41) is 9.38. The number of benzene rings is 1. The molecule has 1 aromatic rings. The van der Waals surface area contributed by atoms with Crippen LogP contribution in [0.3, 0.4) is 0 Å². The summed E-state index contributed by atoms with van der Waals surface area (Å²) in [5.74, 6) is 0.0375. The summed E-state index contributed by atoms with van der Waals surface area (Å²) in [6.07, 6.45) is -5.27. The molecule has 90 valence electrons. The minimum absolute atomic E-state index is 0.0375. The largest absolute Gasteiger partial charge is 0.484 e. The summed E-state index contributed by atoms with van der Waals surface area (Å²) in [6.45, 7) is 0.0938. The van der Waals surface area contributed by atoms with Gasteiger partial charge in [-0.1, -0.05) is 15.9 Å². The highest BCUT2D eigenvalue weighted by atomic mass is 79.9. The van der Waals surface area contributed by atoms with Gasteiger partial charge in [0, 0.05) is 10.0 Å². The van der Waals surface area contributed by atoms with Gasteiger partial charge in [0.15, 0.2) is 6.61 Å². The second kappa shape index (κ2) is 5.05. The number of halogens is 4. The fourth-order valence-corrected chi connectivity index (χ4v) is 1.52. The summed E-state index contributed by atoms with van der Waals surface area (Å²) in [5.41, 5.74) is 0.318. The minimum atomic E-state index is -4.39. The Labute approximate surface area is 99.2 Å². The summed E-state index contributed by atoms with van der Waals surface area (Å²) in [7, 11) is 0. The predicted molar refractivity (Wildman–Crippen MR) is 56.3 cm³/mol.